The molecule has 1 aromatic carbocycles. The van der Waals surface area contributed by atoms with Crippen molar-refractivity contribution in [3.8, 4) is 10.7 Å². The topological polar surface area (TPSA) is 30.2 Å². The largest absolute Gasteiger partial charge is 0.297 e. The molecular weight excluding hydrogens is 250 g/mol. The molecule has 0 atom stereocenters. The molecule has 0 N–H and O–H groups in total. The lowest BCUT2D eigenvalue weighted by Gasteiger charge is -1.83. The summed E-state index contributed by atoms with van der Waals surface area (Å²) in [4.78, 5) is 10.2. The first-order chi connectivity index (χ1) is 8.40. The fourth-order valence-corrected chi connectivity index (χ4v) is 3.43. The Morgan fingerprint density at radius 2 is 2.06 bits per heavy atom. The van der Waals surface area contributed by atoms with Gasteiger partial charge in [-0.15, -0.1) is 22.7 Å². The third-order valence-corrected chi connectivity index (χ3v) is 4.44. The molecule has 3 heterocycles. The maximum absolute atomic E-state index is 4.61. The van der Waals surface area contributed by atoms with Gasteiger partial charge >= 0.3 is 0 Å². The Morgan fingerprint density at radius 3 is 2.94 bits per heavy atom. The Hall–Kier alpha value is -1.72. The molecule has 0 aliphatic rings. The van der Waals surface area contributed by atoms with E-state index in [4.69, 9.17) is 0 Å². The van der Waals surface area contributed by atoms with Gasteiger partial charge in [0.05, 0.1) is 10.2 Å². The average molecular weight is 257 g/mol. The number of hydrogen-bond donors (Lipinski definition) is 0. The molecule has 0 saturated heterocycles. The highest BCUT2D eigenvalue weighted by Gasteiger charge is 2.10. The van der Waals surface area contributed by atoms with Crippen LogP contribution in [0.3, 0.4) is 0 Å². The molecular formula is C12H7N3S2. The Morgan fingerprint density at radius 1 is 1.12 bits per heavy atom. The van der Waals surface area contributed by atoms with Crippen molar-refractivity contribution in [1.29, 1.82) is 0 Å². The molecule has 4 rings (SSSR count). The van der Waals surface area contributed by atoms with E-state index in [0.717, 1.165) is 21.2 Å². The van der Waals surface area contributed by atoms with Crippen LogP contribution in [0.4, 0.5) is 0 Å². The number of thiazole rings is 2. The van der Waals surface area contributed by atoms with E-state index in [0.29, 0.717) is 0 Å². The normalized spacial score (nSPS) is 11.5. The van der Waals surface area contributed by atoms with Gasteiger partial charge in [0.2, 0.25) is 0 Å². The molecule has 0 fully saturated rings. The van der Waals surface area contributed by atoms with Crippen LogP contribution in [-0.4, -0.2) is 14.4 Å². The van der Waals surface area contributed by atoms with Gasteiger partial charge in [-0.1, -0.05) is 12.1 Å². The van der Waals surface area contributed by atoms with Gasteiger partial charge in [0, 0.05) is 17.8 Å². The maximum Gasteiger partial charge on any atom is 0.194 e. The van der Waals surface area contributed by atoms with Gasteiger partial charge in [-0.05, 0) is 12.1 Å². The summed E-state index contributed by atoms with van der Waals surface area (Å²) in [7, 11) is 0. The molecule has 4 aromatic rings. The quantitative estimate of drug-likeness (QED) is 0.521. The van der Waals surface area contributed by atoms with Crippen molar-refractivity contribution in [2.24, 2.45) is 0 Å². The van der Waals surface area contributed by atoms with Gasteiger partial charge in [-0.3, -0.25) is 4.40 Å². The second kappa shape index (κ2) is 3.38. The van der Waals surface area contributed by atoms with E-state index in [1.807, 2.05) is 40.4 Å². The zero-order valence-electron chi connectivity index (χ0n) is 8.70. The Bertz CT molecular complexity index is 748. The van der Waals surface area contributed by atoms with Crippen LogP contribution in [0.1, 0.15) is 0 Å². The second-order valence-corrected chi connectivity index (χ2v) is 5.61. The maximum atomic E-state index is 4.61. The summed E-state index contributed by atoms with van der Waals surface area (Å²) in [6.45, 7) is 0. The van der Waals surface area contributed by atoms with Crippen molar-refractivity contribution in [1.82, 2.24) is 14.4 Å². The van der Waals surface area contributed by atoms with Crippen LogP contribution in [0.2, 0.25) is 0 Å². The van der Waals surface area contributed by atoms with E-state index in [1.165, 1.54) is 4.70 Å². The van der Waals surface area contributed by atoms with E-state index >= 15 is 0 Å². The van der Waals surface area contributed by atoms with E-state index < -0.39 is 0 Å². The average Bonchev–Trinajstić information content (AvgIpc) is 3.01. The molecule has 0 amide bonds. The zero-order valence-corrected chi connectivity index (χ0v) is 10.3. The first-order valence-electron chi connectivity index (χ1n) is 5.18. The number of fused-ring (bicyclic) bond motifs is 2. The molecule has 82 valence electrons. The minimum atomic E-state index is 0.957. The standard InChI is InChI=1S/C12H7N3S2/c1-2-4-10-8(3-1)13-11(17-10)9-7-15-5-6-16-12(15)14-9/h1-7H. The molecule has 3 nitrogen and oxygen atoms in total. The van der Waals surface area contributed by atoms with Crippen molar-refractivity contribution in [2.75, 3.05) is 0 Å². The van der Waals surface area contributed by atoms with E-state index in [-0.39, 0.29) is 0 Å². The molecule has 0 aliphatic carbocycles. The van der Waals surface area contributed by atoms with E-state index in [9.17, 15) is 0 Å². The van der Waals surface area contributed by atoms with Crippen LogP contribution in [0.5, 0.6) is 0 Å². The summed E-state index contributed by atoms with van der Waals surface area (Å²) in [5.41, 5.74) is 2.00. The molecule has 3 aromatic heterocycles. The van der Waals surface area contributed by atoms with Crippen LogP contribution in [0, 0.1) is 0 Å². The van der Waals surface area contributed by atoms with Gasteiger partial charge in [0.25, 0.3) is 0 Å². The van der Waals surface area contributed by atoms with Crippen molar-refractivity contribution < 1.29 is 0 Å². The van der Waals surface area contributed by atoms with Crippen LogP contribution >= 0.6 is 22.7 Å². The number of imidazole rings is 1. The van der Waals surface area contributed by atoms with Crippen molar-refractivity contribution in [2.45, 2.75) is 0 Å². The fraction of sp³-hybridized carbons (Fsp3) is 0. The molecule has 0 aliphatic heterocycles. The third-order valence-electron chi connectivity index (χ3n) is 2.61. The van der Waals surface area contributed by atoms with E-state index in [1.54, 1.807) is 22.7 Å². The van der Waals surface area contributed by atoms with Gasteiger partial charge < -0.3 is 0 Å². The lowest BCUT2D eigenvalue weighted by atomic mass is 10.3. The molecule has 0 saturated carbocycles. The number of rotatable bonds is 1. The smallest absolute Gasteiger partial charge is 0.194 e. The first kappa shape index (κ1) is 9.32. The van der Waals surface area contributed by atoms with Crippen molar-refractivity contribution >= 4 is 37.9 Å². The van der Waals surface area contributed by atoms with Crippen LogP contribution in [0.25, 0.3) is 25.9 Å². The van der Waals surface area contributed by atoms with Crippen molar-refractivity contribution in [3.05, 3.63) is 42.0 Å². The van der Waals surface area contributed by atoms with E-state index in [2.05, 4.69) is 16.0 Å². The fourth-order valence-electron chi connectivity index (χ4n) is 1.81. The molecule has 0 unspecified atom stereocenters. The Kier molecular flexibility index (Phi) is 1.86. The Labute approximate surface area is 105 Å². The zero-order chi connectivity index (χ0) is 11.2. The number of aromatic nitrogens is 3. The minimum Gasteiger partial charge on any atom is -0.297 e. The van der Waals surface area contributed by atoms with Gasteiger partial charge in [0.1, 0.15) is 10.7 Å². The van der Waals surface area contributed by atoms with Crippen molar-refractivity contribution in [3.63, 3.8) is 0 Å². The summed E-state index contributed by atoms with van der Waals surface area (Å²) in [5.74, 6) is 0. The monoisotopic (exact) mass is 257 g/mol. The highest BCUT2D eigenvalue weighted by Crippen LogP contribution is 2.30. The summed E-state index contributed by atoms with van der Waals surface area (Å²) in [6, 6.07) is 8.18. The molecule has 0 bridgehead atoms. The summed E-state index contributed by atoms with van der Waals surface area (Å²) >= 11 is 3.33. The summed E-state index contributed by atoms with van der Waals surface area (Å²) < 4.78 is 3.24. The molecule has 17 heavy (non-hydrogen) atoms. The Balaban J connectivity index is 1.95. The summed E-state index contributed by atoms with van der Waals surface area (Å²) in [5, 5.41) is 3.02. The minimum absolute atomic E-state index is 0.957. The predicted molar refractivity (Wildman–Crippen MR) is 71.7 cm³/mol. The van der Waals surface area contributed by atoms with Gasteiger partial charge in [-0.25, -0.2) is 9.97 Å². The number of nitrogens with zero attached hydrogens (tertiary/aromatic N) is 3. The summed E-state index contributed by atoms with van der Waals surface area (Å²) in [6.07, 6.45) is 4.05. The molecule has 5 heteroatoms. The lowest BCUT2D eigenvalue weighted by molar-refractivity contribution is 1.23. The number of para-hydroxylation sites is 1. The first-order valence-corrected chi connectivity index (χ1v) is 6.88. The number of hydrogen-bond acceptors (Lipinski definition) is 4. The van der Waals surface area contributed by atoms with Crippen LogP contribution in [-0.2, 0) is 0 Å². The highest BCUT2D eigenvalue weighted by molar-refractivity contribution is 7.21. The highest BCUT2D eigenvalue weighted by atomic mass is 32.1. The molecule has 0 spiro atoms. The molecule has 0 radical (unpaired) electrons. The second-order valence-electron chi connectivity index (χ2n) is 3.71. The predicted octanol–water partition coefficient (Wildman–Crippen LogP) is 3.67. The lowest BCUT2D eigenvalue weighted by Crippen LogP contribution is -1.73. The third kappa shape index (κ3) is 1.40. The van der Waals surface area contributed by atoms with Gasteiger partial charge in [0.15, 0.2) is 4.96 Å². The number of benzene rings is 1. The SMILES string of the molecule is c1ccc2sc(-c3cn4ccsc4n3)nc2c1. The van der Waals surface area contributed by atoms with Gasteiger partial charge in [-0.2, -0.15) is 0 Å². The van der Waals surface area contributed by atoms with Crippen LogP contribution in [0.15, 0.2) is 42.0 Å². The van der Waals surface area contributed by atoms with Crippen LogP contribution < -0.4 is 0 Å².